The molecule has 166 valence electrons. The molecule has 1 aromatic rings. The fraction of sp³-hybridized carbons (Fsp3) is 0.636. The summed E-state index contributed by atoms with van der Waals surface area (Å²) in [6.07, 6.45) is 7.13. The van der Waals surface area contributed by atoms with Gasteiger partial charge in [-0.1, -0.05) is 26.2 Å². The first-order valence-corrected chi connectivity index (χ1v) is 12.3. The maximum Gasteiger partial charge on any atom is 0.338 e. The van der Waals surface area contributed by atoms with Crippen molar-refractivity contribution in [3.05, 3.63) is 29.8 Å². The van der Waals surface area contributed by atoms with Crippen LogP contribution < -0.4 is 0 Å². The third-order valence-corrected chi connectivity index (χ3v) is 8.23. The van der Waals surface area contributed by atoms with Crippen molar-refractivity contribution >= 4 is 21.9 Å². The van der Waals surface area contributed by atoms with Crippen molar-refractivity contribution in [2.75, 3.05) is 26.7 Å². The second-order valence-electron chi connectivity index (χ2n) is 8.48. The number of benzene rings is 1. The van der Waals surface area contributed by atoms with Crippen LogP contribution in [0, 0.1) is 5.92 Å². The Kier molecular flexibility index (Phi) is 7.52. The van der Waals surface area contributed by atoms with Gasteiger partial charge in [-0.3, -0.25) is 4.79 Å². The Labute approximate surface area is 179 Å². The van der Waals surface area contributed by atoms with Crippen LogP contribution in [0.2, 0.25) is 0 Å². The Hall–Kier alpha value is -1.93. The highest BCUT2D eigenvalue weighted by Crippen LogP contribution is 2.24. The lowest BCUT2D eigenvalue weighted by Gasteiger charge is -2.31. The molecule has 2 fully saturated rings. The normalized spacial score (nSPS) is 19.4. The zero-order chi connectivity index (χ0) is 21.7. The van der Waals surface area contributed by atoms with Crippen molar-refractivity contribution in [1.29, 1.82) is 0 Å². The van der Waals surface area contributed by atoms with E-state index >= 15 is 0 Å². The van der Waals surface area contributed by atoms with Crippen molar-refractivity contribution in [3.8, 4) is 0 Å². The highest BCUT2D eigenvalue weighted by Gasteiger charge is 2.28. The van der Waals surface area contributed by atoms with Gasteiger partial charge >= 0.3 is 5.97 Å². The Bertz CT molecular complexity index is 839. The van der Waals surface area contributed by atoms with Gasteiger partial charge in [0, 0.05) is 26.2 Å². The van der Waals surface area contributed by atoms with E-state index in [0.29, 0.717) is 19.0 Å². The predicted molar refractivity (Wildman–Crippen MR) is 114 cm³/mol. The quantitative estimate of drug-likeness (QED) is 0.640. The minimum atomic E-state index is -3.56. The molecule has 8 heteroatoms. The summed E-state index contributed by atoms with van der Waals surface area (Å²) in [5, 5.41) is 0. The first-order chi connectivity index (χ1) is 14.3. The van der Waals surface area contributed by atoms with Crippen LogP contribution in [0.5, 0.6) is 0 Å². The zero-order valence-corrected chi connectivity index (χ0v) is 18.7. The Balaban J connectivity index is 1.55. The number of ether oxygens (including phenoxy) is 1. The number of carbonyl (C=O) groups excluding carboxylic acids is 2. The number of esters is 1. The summed E-state index contributed by atoms with van der Waals surface area (Å²) in [5.41, 5.74) is 0.231. The topological polar surface area (TPSA) is 84.0 Å². The number of nitrogens with zero attached hydrogens (tertiary/aromatic N) is 2. The van der Waals surface area contributed by atoms with Gasteiger partial charge in [0.2, 0.25) is 10.0 Å². The van der Waals surface area contributed by atoms with E-state index in [9.17, 15) is 18.0 Å². The standard InChI is InChI=1S/C22H32N2O5S/c1-17-12-14-24(15-13-17)30(27,28)20-10-8-18(9-11-20)22(26)29-16-21(25)23(2)19-6-4-3-5-7-19/h8-11,17,19H,3-7,12-16H2,1-2H3. The largest absolute Gasteiger partial charge is 0.452 e. The molecule has 1 aliphatic carbocycles. The molecule has 7 nitrogen and oxygen atoms in total. The highest BCUT2D eigenvalue weighted by molar-refractivity contribution is 7.89. The molecule has 0 radical (unpaired) electrons. The average molecular weight is 437 g/mol. The van der Waals surface area contributed by atoms with Gasteiger partial charge in [0.25, 0.3) is 5.91 Å². The first-order valence-electron chi connectivity index (χ1n) is 10.8. The molecule has 0 N–H and O–H groups in total. The molecule has 0 spiro atoms. The van der Waals surface area contributed by atoms with Crippen LogP contribution in [0.25, 0.3) is 0 Å². The lowest BCUT2D eigenvalue weighted by atomic mass is 9.94. The SMILES string of the molecule is CC1CCN(S(=O)(=O)c2ccc(C(=O)OCC(=O)N(C)C3CCCCC3)cc2)CC1. The van der Waals surface area contributed by atoms with Gasteiger partial charge in [-0.25, -0.2) is 13.2 Å². The van der Waals surface area contributed by atoms with E-state index in [0.717, 1.165) is 38.5 Å². The molecule has 0 atom stereocenters. The molecule has 2 aliphatic rings. The number of rotatable bonds is 6. The number of sulfonamides is 1. The van der Waals surface area contributed by atoms with Gasteiger partial charge in [0.05, 0.1) is 10.5 Å². The van der Waals surface area contributed by atoms with Gasteiger partial charge in [0.1, 0.15) is 0 Å². The minimum absolute atomic E-state index is 0.168. The number of piperidine rings is 1. The number of hydrogen-bond acceptors (Lipinski definition) is 5. The van der Waals surface area contributed by atoms with Crippen molar-refractivity contribution in [2.24, 2.45) is 5.92 Å². The van der Waals surface area contributed by atoms with Gasteiger partial charge in [-0.05, 0) is 55.9 Å². The van der Waals surface area contributed by atoms with E-state index in [1.165, 1.54) is 35.0 Å². The van der Waals surface area contributed by atoms with E-state index in [1.54, 1.807) is 11.9 Å². The first kappa shape index (κ1) is 22.7. The molecule has 0 aromatic heterocycles. The van der Waals surface area contributed by atoms with E-state index < -0.39 is 16.0 Å². The summed E-state index contributed by atoms with van der Waals surface area (Å²) in [4.78, 5) is 26.5. The Morgan fingerprint density at radius 2 is 1.63 bits per heavy atom. The lowest BCUT2D eigenvalue weighted by Crippen LogP contribution is -2.40. The molecule has 1 aliphatic heterocycles. The second-order valence-corrected chi connectivity index (χ2v) is 10.4. The number of amides is 1. The number of carbonyl (C=O) groups is 2. The summed E-state index contributed by atoms with van der Waals surface area (Å²) < 4.78 is 32.2. The molecule has 0 unspecified atom stereocenters. The molecule has 1 heterocycles. The van der Waals surface area contributed by atoms with E-state index in [4.69, 9.17) is 4.74 Å². The molecule has 1 saturated carbocycles. The van der Waals surface area contributed by atoms with Crippen LogP contribution in [0.1, 0.15) is 62.2 Å². The minimum Gasteiger partial charge on any atom is -0.452 e. The summed E-state index contributed by atoms with van der Waals surface area (Å²) in [6.45, 7) is 2.85. The van der Waals surface area contributed by atoms with Crippen LogP contribution in [-0.4, -0.2) is 62.3 Å². The van der Waals surface area contributed by atoms with Crippen molar-refractivity contribution in [1.82, 2.24) is 9.21 Å². The van der Waals surface area contributed by atoms with Crippen molar-refractivity contribution < 1.29 is 22.7 Å². The van der Waals surface area contributed by atoms with Gasteiger partial charge < -0.3 is 9.64 Å². The smallest absolute Gasteiger partial charge is 0.338 e. The van der Waals surface area contributed by atoms with Crippen LogP contribution >= 0.6 is 0 Å². The summed E-state index contributed by atoms with van der Waals surface area (Å²) >= 11 is 0. The predicted octanol–water partition coefficient (Wildman–Crippen LogP) is 3.06. The van der Waals surface area contributed by atoms with Crippen LogP contribution in [-0.2, 0) is 19.6 Å². The zero-order valence-electron chi connectivity index (χ0n) is 17.9. The fourth-order valence-electron chi connectivity index (χ4n) is 4.12. The fourth-order valence-corrected chi connectivity index (χ4v) is 5.59. The van der Waals surface area contributed by atoms with E-state index in [-0.39, 0.29) is 29.0 Å². The molecule has 1 saturated heterocycles. The number of likely N-dealkylation sites (N-methyl/N-ethyl adjacent to an activating group) is 1. The molecule has 30 heavy (non-hydrogen) atoms. The molecular formula is C22H32N2O5S. The Morgan fingerprint density at radius 3 is 2.23 bits per heavy atom. The molecule has 3 rings (SSSR count). The van der Waals surface area contributed by atoms with Crippen molar-refractivity contribution in [2.45, 2.75) is 62.8 Å². The van der Waals surface area contributed by atoms with Crippen LogP contribution in [0.15, 0.2) is 29.2 Å². The van der Waals surface area contributed by atoms with Crippen molar-refractivity contribution in [3.63, 3.8) is 0 Å². The third-order valence-electron chi connectivity index (χ3n) is 6.31. The average Bonchev–Trinajstić information content (AvgIpc) is 2.77. The van der Waals surface area contributed by atoms with Gasteiger partial charge in [-0.2, -0.15) is 4.31 Å². The van der Waals surface area contributed by atoms with Gasteiger partial charge in [-0.15, -0.1) is 0 Å². The van der Waals surface area contributed by atoms with E-state index in [1.807, 2.05) is 0 Å². The van der Waals surface area contributed by atoms with Gasteiger partial charge in [0.15, 0.2) is 6.61 Å². The highest BCUT2D eigenvalue weighted by atomic mass is 32.2. The monoisotopic (exact) mass is 436 g/mol. The maximum absolute atomic E-state index is 12.8. The third kappa shape index (κ3) is 5.40. The summed E-state index contributed by atoms with van der Waals surface area (Å²) in [5.74, 6) is -0.307. The molecule has 0 bridgehead atoms. The van der Waals surface area contributed by atoms with Crippen LogP contribution in [0.4, 0.5) is 0 Å². The summed E-state index contributed by atoms with van der Waals surface area (Å²) in [7, 11) is -1.80. The maximum atomic E-state index is 12.8. The summed E-state index contributed by atoms with van der Waals surface area (Å²) in [6, 6.07) is 5.96. The van der Waals surface area contributed by atoms with Crippen LogP contribution in [0.3, 0.4) is 0 Å². The molecular weight excluding hydrogens is 404 g/mol. The number of hydrogen-bond donors (Lipinski definition) is 0. The second kappa shape index (κ2) is 9.92. The Morgan fingerprint density at radius 1 is 1.03 bits per heavy atom. The molecule has 1 amide bonds. The molecule has 1 aromatic carbocycles. The lowest BCUT2D eigenvalue weighted by molar-refractivity contribution is -0.135. The van der Waals surface area contributed by atoms with E-state index in [2.05, 4.69) is 6.92 Å².